The number of hydrogen-bond acceptors (Lipinski definition) is 6. The summed E-state index contributed by atoms with van der Waals surface area (Å²) >= 11 is 0. The SMILES string of the molecule is Cc1cn2nc([C@@H]3CCCCN3C(=O)c3cccc4cc[nH]c34)cc2nc1N1C[C@@H](CC#N)[C@@H](O)C1. The summed E-state index contributed by atoms with van der Waals surface area (Å²) in [6.45, 7) is 3.75. The number of β-amino-alcohol motifs (C(OH)–C–C–N with tert-alkyl or cyclic N) is 1. The maximum atomic E-state index is 13.7. The number of nitriles is 1. The Morgan fingerprint density at radius 3 is 3.03 bits per heavy atom. The van der Waals surface area contributed by atoms with E-state index >= 15 is 0 Å². The monoisotopic (exact) mass is 483 g/mol. The van der Waals surface area contributed by atoms with Crippen molar-refractivity contribution < 1.29 is 9.90 Å². The number of para-hydroxylation sites is 1. The van der Waals surface area contributed by atoms with E-state index in [0.717, 1.165) is 47.2 Å². The molecule has 0 aliphatic carbocycles. The Bertz CT molecular complexity index is 1480. The molecular weight excluding hydrogens is 454 g/mol. The number of aliphatic hydroxyl groups excluding tert-OH is 1. The molecule has 0 saturated carbocycles. The van der Waals surface area contributed by atoms with Crippen LogP contribution in [0.25, 0.3) is 16.6 Å². The van der Waals surface area contributed by atoms with Gasteiger partial charge in [0, 0.05) is 61.4 Å². The van der Waals surface area contributed by atoms with Gasteiger partial charge in [-0.25, -0.2) is 9.50 Å². The minimum atomic E-state index is -0.534. The molecule has 6 rings (SSSR count). The highest BCUT2D eigenvalue weighted by Crippen LogP contribution is 2.34. The number of rotatable bonds is 4. The predicted octanol–water partition coefficient (Wildman–Crippen LogP) is 3.60. The lowest BCUT2D eigenvalue weighted by atomic mass is 9.98. The third-order valence-electron chi connectivity index (χ3n) is 7.61. The number of benzene rings is 1. The molecule has 2 fully saturated rings. The molecule has 0 radical (unpaired) electrons. The van der Waals surface area contributed by atoms with Crippen LogP contribution in [0.5, 0.6) is 0 Å². The van der Waals surface area contributed by atoms with Gasteiger partial charge in [-0.05, 0) is 38.3 Å². The van der Waals surface area contributed by atoms with Crippen molar-refractivity contribution in [2.45, 2.75) is 44.8 Å². The zero-order valence-corrected chi connectivity index (χ0v) is 20.3. The minimum Gasteiger partial charge on any atom is -0.391 e. The quantitative estimate of drug-likeness (QED) is 0.459. The molecule has 0 unspecified atom stereocenters. The van der Waals surface area contributed by atoms with E-state index < -0.39 is 6.10 Å². The average molecular weight is 484 g/mol. The van der Waals surface area contributed by atoms with Gasteiger partial charge < -0.3 is 19.9 Å². The maximum absolute atomic E-state index is 13.7. The van der Waals surface area contributed by atoms with Crippen LogP contribution in [-0.4, -0.2) is 61.2 Å². The number of hydrogen-bond donors (Lipinski definition) is 2. The summed E-state index contributed by atoms with van der Waals surface area (Å²) in [5, 5.41) is 25.3. The van der Waals surface area contributed by atoms with Crippen LogP contribution in [0.2, 0.25) is 0 Å². The fraction of sp³-hybridized carbons (Fsp3) is 0.407. The van der Waals surface area contributed by atoms with Crippen molar-refractivity contribution in [3.8, 4) is 6.07 Å². The largest absolute Gasteiger partial charge is 0.391 e. The van der Waals surface area contributed by atoms with Crippen LogP contribution < -0.4 is 4.90 Å². The molecule has 184 valence electrons. The van der Waals surface area contributed by atoms with Crippen molar-refractivity contribution in [2.24, 2.45) is 5.92 Å². The summed E-state index contributed by atoms with van der Waals surface area (Å²) < 4.78 is 1.79. The van der Waals surface area contributed by atoms with Gasteiger partial charge in [0.15, 0.2) is 5.65 Å². The van der Waals surface area contributed by atoms with Crippen molar-refractivity contribution >= 4 is 28.3 Å². The second-order valence-corrected chi connectivity index (χ2v) is 9.97. The number of aryl methyl sites for hydroxylation is 1. The molecule has 2 aliphatic heterocycles. The van der Waals surface area contributed by atoms with E-state index in [0.29, 0.717) is 37.3 Å². The van der Waals surface area contributed by atoms with Crippen LogP contribution in [-0.2, 0) is 0 Å². The number of aliphatic hydroxyl groups is 1. The van der Waals surface area contributed by atoms with Gasteiger partial charge in [0.05, 0.1) is 35.0 Å². The summed E-state index contributed by atoms with van der Waals surface area (Å²) in [5.41, 5.74) is 4.06. The molecule has 3 atom stereocenters. The first kappa shape index (κ1) is 22.6. The molecule has 1 aromatic carbocycles. The molecule has 2 saturated heterocycles. The number of likely N-dealkylation sites (tertiary alicyclic amines) is 1. The number of carbonyl (C=O) groups is 1. The van der Waals surface area contributed by atoms with E-state index in [4.69, 9.17) is 15.3 Å². The lowest BCUT2D eigenvalue weighted by Crippen LogP contribution is -2.38. The molecule has 3 aromatic heterocycles. The van der Waals surface area contributed by atoms with Crippen molar-refractivity contribution in [2.75, 3.05) is 24.5 Å². The molecule has 2 N–H and O–H groups in total. The molecule has 1 amide bonds. The predicted molar refractivity (Wildman–Crippen MR) is 136 cm³/mol. The second-order valence-electron chi connectivity index (χ2n) is 9.97. The van der Waals surface area contributed by atoms with E-state index in [-0.39, 0.29) is 17.9 Å². The summed E-state index contributed by atoms with van der Waals surface area (Å²) in [7, 11) is 0. The molecule has 2 aliphatic rings. The van der Waals surface area contributed by atoms with E-state index in [2.05, 4.69) is 16.0 Å². The van der Waals surface area contributed by atoms with E-state index in [9.17, 15) is 9.90 Å². The lowest BCUT2D eigenvalue weighted by molar-refractivity contribution is 0.0607. The Kier molecular flexibility index (Phi) is 5.61. The van der Waals surface area contributed by atoms with Gasteiger partial charge in [-0.1, -0.05) is 12.1 Å². The van der Waals surface area contributed by atoms with Crippen LogP contribution in [0, 0.1) is 24.2 Å². The summed E-state index contributed by atoms with van der Waals surface area (Å²) in [5.74, 6) is 0.756. The third kappa shape index (κ3) is 3.78. The summed E-state index contributed by atoms with van der Waals surface area (Å²) in [6, 6.07) is 11.8. The van der Waals surface area contributed by atoms with Gasteiger partial charge in [0.1, 0.15) is 5.82 Å². The van der Waals surface area contributed by atoms with Gasteiger partial charge in [-0.15, -0.1) is 0 Å². The Morgan fingerprint density at radius 1 is 1.28 bits per heavy atom. The average Bonchev–Trinajstić information content (AvgIpc) is 3.61. The fourth-order valence-corrected chi connectivity index (χ4v) is 5.75. The van der Waals surface area contributed by atoms with Gasteiger partial charge in [0.25, 0.3) is 5.91 Å². The van der Waals surface area contributed by atoms with Gasteiger partial charge in [-0.2, -0.15) is 10.4 Å². The lowest BCUT2D eigenvalue weighted by Gasteiger charge is -2.35. The zero-order chi connectivity index (χ0) is 24.8. The first-order chi connectivity index (χ1) is 17.5. The number of anilines is 1. The number of carbonyl (C=O) groups excluding carboxylic acids is 1. The van der Waals surface area contributed by atoms with Crippen molar-refractivity contribution in [1.82, 2.24) is 24.5 Å². The number of amides is 1. The normalized spacial score (nSPS) is 22.4. The number of piperidine rings is 1. The van der Waals surface area contributed by atoms with Crippen LogP contribution in [0.1, 0.15) is 53.3 Å². The minimum absolute atomic E-state index is 0.0178. The van der Waals surface area contributed by atoms with E-state index in [1.165, 1.54) is 0 Å². The van der Waals surface area contributed by atoms with Gasteiger partial charge in [-0.3, -0.25) is 4.79 Å². The first-order valence-electron chi connectivity index (χ1n) is 12.6. The summed E-state index contributed by atoms with van der Waals surface area (Å²) in [6.07, 6.45) is 6.49. The van der Waals surface area contributed by atoms with Crippen molar-refractivity contribution in [1.29, 1.82) is 5.26 Å². The highest BCUT2D eigenvalue weighted by Gasteiger charge is 2.34. The topological polar surface area (TPSA) is 114 Å². The number of fused-ring (bicyclic) bond motifs is 2. The standard InChI is InChI=1S/C27H29N7O2/c1-17-14-34-24(30-26(17)32-15-19(8-10-28)23(35)16-32)13-21(31-34)22-7-2-3-12-33(22)27(36)20-6-4-5-18-9-11-29-25(18)20/h4-6,9,11,13-14,19,22-23,29,35H,2-3,7-8,12,15-16H2,1H3/t19-,22+,23+/m1/s1. The van der Waals surface area contributed by atoms with Crippen LogP contribution >= 0.6 is 0 Å². The Labute approximate surface area is 209 Å². The Hall–Kier alpha value is -3.90. The molecule has 5 heterocycles. The maximum Gasteiger partial charge on any atom is 0.256 e. The first-order valence-corrected chi connectivity index (χ1v) is 12.6. The molecule has 0 bridgehead atoms. The molecule has 36 heavy (non-hydrogen) atoms. The van der Waals surface area contributed by atoms with E-state index in [1.54, 1.807) is 4.52 Å². The Morgan fingerprint density at radius 2 is 2.17 bits per heavy atom. The molecule has 9 heteroatoms. The van der Waals surface area contributed by atoms with Crippen molar-refractivity contribution in [3.63, 3.8) is 0 Å². The number of nitrogens with zero attached hydrogens (tertiary/aromatic N) is 6. The van der Waals surface area contributed by atoms with E-state index in [1.807, 2.05) is 54.5 Å². The third-order valence-corrected chi connectivity index (χ3v) is 7.61. The fourth-order valence-electron chi connectivity index (χ4n) is 5.75. The molecule has 9 nitrogen and oxygen atoms in total. The van der Waals surface area contributed by atoms with Gasteiger partial charge in [0.2, 0.25) is 0 Å². The summed E-state index contributed by atoms with van der Waals surface area (Å²) in [4.78, 5) is 25.8. The smallest absolute Gasteiger partial charge is 0.256 e. The number of H-pyrrole nitrogens is 1. The molecule has 0 spiro atoms. The molecule has 4 aromatic rings. The second kappa shape index (κ2) is 8.95. The van der Waals surface area contributed by atoms with Crippen LogP contribution in [0.3, 0.4) is 0 Å². The Balaban J connectivity index is 1.32. The van der Waals surface area contributed by atoms with Crippen LogP contribution in [0.15, 0.2) is 42.7 Å². The van der Waals surface area contributed by atoms with Crippen molar-refractivity contribution in [3.05, 3.63) is 59.5 Å². The number of nitrogens with one attached hydrogen (secondary N) is 1. The number of aromatic amines is 1. The van der Waals surface area contributed by atoms with Crippen LogP contribution in [0.4, 0.5) is 5.82 Å². The molecular formula is C27H29N7O2. The van der Waals surface area contributed by atoms with Gasteiger partial charge >= 0.3 is 0 Å². The number of aromatic nitrogens is 4. The highest BCUT2D eigenvalue weighted by molar-refractivity contribution is 6.05. The zero-order valence-electron chi connectivity index (χ0n) is 20.3. The highest BCUT2D eigenvalue weighted by atomic mass is 16.3.